The molecular weight excluding hydrogens is 256 g/mol. The second kappa shape index (κ2) is 6.49. The quantitative estimate of drug-likeness (QED) is 0.657. The molecule has 6 nitrogen and oxygen atoms in total. The zero-order valence-electron chi connectivity index (χ0n) is 11.3. The molecule has 1 unspecified atom stereocenters. The van der Waals surface area contributed by atoms with Crippen LogP contribution in [0.1, 0.15) is 20.3 Å². The van der Waals surface area contributed by atoms with E-state index < -0.39 is 10.0 Å². The third-order valence-electron chi connectivity index (χ3n) is 3.13. The first-order valence-electron chi connectivity index (χ1n) is 6.19. The minimum Gasteiger partial charge on any atom is -0.466 e. The zero-order chi connectivity index (χ0) is 13.8. The number of carbonyl (C=O) groups is 1. The second-order valence-electron chi connectivity index (χ2n) is 4.56. The van der Waals surface area contributed by atoms with Gasteiger partial charge in [-0.15, -0.1) is 0 Å². The van der Waals surface area contributed by atoms with Crippen LogP contribution < -0.4 is 0 Å². The van der Waals surface area contributed by atoms with Gasteiger partial charge in [0, 0.05) is 32.2 Å². The van der Waals surface area contributed by atoms with Gasteiger partial charge in [-0.3, -0.25) is 9.69 Å². The van der Waals surface area contributed by atoms with Gasteiger partial charge in [0.25, 0.3) is 0 Å². The SMILES string of the molecule is CCOC(=O)CC(C)N1CCN(S(C)(=O)=O)CC1. The van der Waals surface area contributed by atoms with Crippen LogP contribution in [0.15, 0.2) is 0 Å². The molecular formula is C11H22N2O4S. The van der Waals surface area contributed by atoms with E-state index in [1.807, 2.05) is 6.92 Å². The molecule has 1 heterocycles. The molecule has 1 aliphatic heterocycles. The van der Waals surface area contributed by atoms with Crippen LogP contribution in [-0.4, -0.2) is 68.7 Å². The first-order valence-corrected chi connectivity index (χ1v) is 8.04. The standard InChI is InChI=1S/C11H22N2O4S/c1-4-17-11(14)9-10(2)12-5-7-13(8-6-12)18(3,15)16/h10H,4-9H2,1-3H3. The van der Waals surface area contributed by atoms with Crippen molar-refractivity contribution < 1.29 is 17.9 Å². The van der Waals surface area contributed by atoms with Gasteiger partial charge in [0.1, 0.15) is 0 Å². The summed E-state index contributed by atoms with van der Waals surface area (Å²) in [7, 11) is -3.09. The summed E-state index contributed by atoms with van der Waals surface area (Å²) < 4.78 is 29.1. The Bertz CT molecular complexity index is 375. The molecule has 106 valence electrons. The smallest absolute Gasteiger partial charge is 0.307 e. The number of hydrogen-bond acceptors (Lipinski definition) is 5. The minimum atomic E-state index is -3.09. The topological polar surface area (TPSA) is 66.9 Å². The van der Waals surface area contributed by atoms with Crippen LogP contribution in [0.4, 0.5) is 0 Å². The van der Waals surface area contributed by atoms with Gasteiger partial charge in [-0.05, 0) is 13.8 Å². The van der Waals surface area contributed by atoms with Gasteiger partial charge < -0.3 is 4.74 Å². The third-order valence-corrected chi connectivity index (χ3v) is 4.44. The van der Waals surface area contributed by atoms with Crippen LogP contribution in [0, 0.1) is 0 Å². The van der Waals surface area contributed by atoms with E-state index >= 15 is 0 Å². The van der Waals surface area contributed by atoms with E-state index in [1.54, 1.807) is 6.92 Å². The van der Waals surface area contributed by atoms with Crippen molar-refractivity contribution in [2.75, 3.05) is 39.0 Å². The van der Waals surface area contributed by atoms with Crippen LogP contribution in [0.2, 0.25) is 0 Å². The average Bonchev–Trinajstić information content (AvgIpc) is 2.28. The molecule has 1 rings (SSSR count). The molecule has 0 bridgehead atoms. The van der Waals surface area contributed by atoms with Gasteiger partial charge in [-0.2, -0.15) is 4.31 Å². The van der Waals surface area contributed by atoms with Crippen LogP contribution in [0.5, 0.6) is 0 Å². The fourth-order valence-electron chi connectivity index (χ4n) is 2.07. The van der Waals surface area contributed by atoms with Crippen molar-refractivity contribution in [3.8, 4) is 0 Å². The Labute approximate surface area is 109 Å². The summed E-state index contributed by atoms with van der Waals surface area (Å²) >= 11 is 0. The van der Waals surface area contributed by atoms with E-state index in [0.717, 1.165) is 0 Å². The molecule has 18 heavy (non-hydrogen) atoms. The third kappa shape index (κ3) is 4.55. The number of hydrogen-bond donors (Lipinski definition) is 0. The van der Waals surface area contributed by atoms with Crippen molar-refractivity contribution in [1.29, 1.82) is 0 Å². The number of piperazine rings is 1. The zero-order valence-corrected chi connectivity index (χ0v) is 12.1. The Morgan fingerprint density at radius 1 is 1.28 bits per heavy atom. The summed E-state index contributed by atoms with van der Waals surface area (Å²) in [5.74, 6) is -0.199. The van der Waals surface area contributed by atoms with Crippen molar-refractivity contribution in [2.24, 2.45) is 0 Å². The summed E-state index contributed by atoms with van der Waals surface area (Å²) in [6, 6.07) is 0.0887. The Hall–Kier alpha value is -0.660. The van der Waals surface area contributed by atoms with Crippen LogP contribution >= 0.6 is 0 Å². The Kier molecular flexibility index (Phi) is 5.55. The summed E-state index contributed by atoms with van der Waals surface area (Å²) in [5, 5.41) is 0. The summed E-state index contributed by atoms with van der Waals surface area (Å²) in [6.45, 7) is 6.45. The maximum Gasteiger partial charge on any atom is 0.307 e. The van der Waals surface area contributed by atoms with Crippen LogP contribution in [0.25, 0.3) is 0 Å². The molecule has 0 radical (unpaired) electrons. The molecule has 0 N–H and O–H groups in total. The van der Waals surface area contributed by atoms with Crippen molar-refractivity contribution >= 4 is 16.0 Å². The lowest BCUT2D eigenvalue weighted by Gasteiger charge is -2.36. The van der Waals surface area contributed by atoms with E-state index in [9.17, 15) is 13.2 Å². The fourth-order valence-corrected chi connectivity index (χ4v) is 2.89. The molecule has 0 saturated carbocycles. The highest BCUT2D eigenvalue weighted by Crippen LogP contribution is 2.11. The fraction of sp³-hybridized carbons (Fsp3) is 0.909. The second-order valence-corrected chi connectivity index (χ2v) is 6.54. The number of esters is 1. The highest BCUT2D eigenvalue weighted by molar-refractivity contribution is 7.88. The number of nitrogens with zero attached hydrogens (tertiary/aromatic N) is 2. The molecule has 0 spiro atoms. The summed E-state index contributed by atoms with van der Waals surface area (Å²) in [5.41, 5.74) is 0. The highest BCUT2D eigenvalue weighted by atomic mass is 32.2. The van der Waals surface area contributed by atoms with E-state index in [2.05, 4.69) is 4.90 Å². The molecule has 0 aliphatic carbocycles. The average molecular weight is 278 g/mol. The van der Waals surface area contributed by atoms with Gasteiger partial charge in [-0.25, -0.2) is 8.42 Å². The summed E-state index contributed by atoms with van der Waals surface area (Å²) in [6.07, 6.45) is 1.58. The number of carbonyl (C=O) groups excluding carboxylic acids is 1. The van der Waals surface area contributed by atoms with Crippen LogP contribution in [0.3, 0.4) is 0 Å². The van der Waals surface area contributed by atoms with Gasteiger partial charge in [0.15, 0.2) is 0 Å². The maximum absolute atomic E-state index is 11.4. The molecule has 0 aromatic rings. The van der Waals surface area contributed by atoms with Crippen molar-refractivity contribution in [2.45, 2.75) is 26.3 Å². The lowest BCUT2D eigenvalue weighted by molar-refractivity contribution is -0.144. The number of rotatable bonds is 5. The van der Waals surface area contributed by atoms with Crippen LogP contribution in [-0.2, 0) is 19.6 Å². The molecule has 1 saturated heterocycles. The Balaban J connectivity index is 2.40. The van der Waals surface area contributed by atoms with E-state index in [1.165, 1.54) is 10.6 Å². The molecule has 0 aromatic heterocycles. The van der Waals surface area contributed by atoms with E-state index in [4.69, 9.17) is 4.74 Å². The van der Waals surface area contributed by atoms with E-state index in [-0.39, 0.29) is 12.0 Å². The van der Waals surface area contributed by atoms with Gasteiger partial charge in [0.05, 0.1) is 19.3 Å². The van der Waals surface area contributed by atoms with Crippen molar-refractivity contribution in [3.63, 3.8) is 0 Å². The molecule has 0 aromatic carbocycles. The Morgan fingerprint density at radius 3 is 2.28 bits per heavy atom. The van der Waals surface area contributed by atoms with Crippen molar-refractivity contribution in [1.82, 2.24) is 9.21 Å². The minimum absolute atomic E-state index is 0.0887. The predicted molar refractivity (Wildman–Crippen MR) is 68.7 cm³/mol. The monoisotopic (exact) mass is 278 g/mol. The van der Waals surface area contributed by atoms with Gasteiger partial charge >= 0.3 is 5.97 Å². The maximum atomic E-state index is 11.4. The van der Waals surface area contributed by atoms with Crippen molar-refractivity contribution in [3.05, 3.63) is 0 Å². The molecule has 1 aliphatic rings. The number of sulfonamides is 1. The first kappa shape index (κ1) is 15.4. The lowest BCUT2D eigenvalue weighted by Crippen LogP contribution is -2.51. The molecule has 0 amide bonds. The lowest BCUT2D eigenvalue weighted by atomic mass is 10.2. The number of ether oxygens (including phenoxy) is 1. The Morgan fingerprint density at radius 2 is 1.83 bits per heavy atom. The largest absolute Gasteiger partial charge is 0.466 e. The molecule has 1 atom stereocenters. The molecule has 7 heteroatoms. The van der Waals surface area contributed by atoms with E-state index in [0.29, 0.717) is 39.2 Å². The summed E-state index contributed by atoms with van der Waals surface area (Å²) in [4.78, 5) is 13.5. The predicted octanol–water partition coefficient (Wildman–Crippen LogP) is -0.0947. The molecule has 1 fully saturated rings. The first-order chi connectivity index (χ1) is 8.34. The van der Waals surface area contributed by atoms with Gasteiger partial charge in [0.2, 0.25) is 10.0 Å². The van der Waals surface area contributed by atoms with Gasteiger partial charge in [-0.1, -0.05) is 0 Å². The normalized spacial score (nSPS) is 20.6. The highest BCUT2D eigenvalue weighted by Gasteiger charge is 2.26.